The zero-order valence-corrected chi connectivity index (χ0v) is 13.8. The number of halogens is 1. The van der Waals surface area contributed by atoms with Crippen LogP contribution >= 0.6 is 15.9 Å². The molecule has 0 radical (unpaired) electrons. The molecule has 1 amide bonds. The summed E-state index contributed by atoms with van der Waals surface area (Å²) < 4.78 is 11.7. The molecule has 1 aliphatic rings. The lowest BCUT2D eigenvalue weighted by Crippen LogP contribution is -2.53. The molecule has 0 saturated carbocycles. The first-order valence-corrected chi connectivity index (χ1v) is 7.73. The van der Waals surface area contributed by atoms with Crippen molar-refractivity contribution < 1.29 is 24.2 Å². The van der Waals surface area contributed by atoms with Crippen molar-refractivity contribution in [2.24, 2.45) is 0 Å². The van der Waals surface area contributed by atoms with Crippen LogP contribution in [0.2, 0.25) is 0 Å². The van der Waals surface area contributed by atoms with Crippen LogP contribution in [0.15, 0.2) is 28.7 Å². The minimum absolute atomic E-state index is 0.163. The molecule has 2 rings (SSSR count). The third kappa shape index (κ3) is 4.45. The Hall–Kier alpha value is -1.60. The van der Waals surface area contributed by atoms with Crippen molar-refractivity contribution in [3.63, 3.8) is 0 Å². The highest BCUT2D eigenvalue weighted by molar-refractivity contribution is 9.10. The van der Waals surface area contributed by atoms with Gasteiger partial charge in [-0.15, -0.1) is 0 Å². The van der Waals surface area contributed by atoms with Gasteiger partial charge in [0.1, 0.15) is 5.75 Å². The number of ether oxygens (including phenoxy) is 2. The van der Waals surface area contributed by atoms with Gasteiger partial charge in [-0.25, -0.2) is 0 Å². The van der Waals surface area contributed by atoms with Gasteiger partial charge in [-0.2, -0.15) is 0 Å². The van der Waals surface area contributed by atoms with Gasteiger partial charge in [0, 0.05) is 11.1 Å². The van der Waals surface area contributed by atoms with E-state index in [0.717, 1.165) is 4.47 Å². The van der Waals surface area contributed by atoms with Crippen LogP contribution < -0.4 is 10.1 Å². The van der Waals surface area contributed by atoms with Gasteiger partial charge >= 0.3 is 5.97 Å². The third-order valence-corrected chi connectivity index (χ3v) is 4.01. The van der Waals surface area contributed by atoms with Gasteiger partial charge in [0.15, 0.2) is 6.10 Å². The highest BCUT2D eigenvalue weighted by Crippen LogP contribution is 2.23. The SMILES string of the molecule is CC(Oc1ccc(Br)cc1)C(=O)NC1(CC(=O)O)CCOC1. The fourth-order valence-corrected chi connectivity index (χ4v) is 2.58. The number of nitrogens with one attached hydrogen (secondary N) is 1. The molecular formula is C15H18BrNO5. The Morgan fingerprint density at radius 1 is 1.45 bits per heavy atom. The lowest BCUT2D eigenvalue weighted by atomic mass is 9.94. The molecule has 120 valence electrons. The molecule has 0 bridgehead atoms. The van der Waals surface area contributed by atoms with E-state index in [2.05, 4.69) is 21.2 Å². The second-order valence-corrected chi connectivity index (χ2v) is 6.27. The maximum absolute atomic E-state index is 12.3. The third-order valence-electron chi connectivity index (χ3n) is 3.48. The number of amides is 1. The Balaban J connectivity index is 1.97. The number of benzene rings is 1. The molecular weight excluding hydrogens is 354 g/mol. The molecule has 6 nitrogen and oxygen atoms in total. The highest BCUT2D eigenvalue weighted by atomic mass is 79.9. The zero-order chi connectivity index (χ0) is 16.2. The average Bonchev–Trinajstić information content (AvgIpc) is 2.88. The fourth-order valence-electron chi connectivity index (χ4n) is 2.31. The molecule has 2 atom stereocenters. The molecule has 1 aliphatic heterocycles. The molecule has 0 aromatic heterocycles. The van der Waals surface area contributed by atoms with E-state index in [4.69, 9.17) is 14.6 Å². The summed E-state index contributed by atoms with van der Waals surface area (Å²) in [7, 11) is 0. The van der Waals surface area contributed by atoms with Crippen LogP contribution in [-0.2, 0) is 14.3 Å². The van der Waals surface area contributed by atoms with Crippen molar-refractivity contribution >= 4 is 27.8 Å². The second-order valence-electron chi connectivity index (χ2n) is 5.36. The molecule has 2 unspecified atom stereocenters. The van der Waals surface area contributed by atoms with E-state index in [1.165, 1.54) is 0 Å². The first-order chi connectivity index (χ1) is 10.4. The molecule has 1 aromatic rings. The van der Waals surface area contributed by atoms with Gasteiger partial charge in [-0.3, -0.25) is 9.59 Å². The van der Waals surface area contributed by atoms with E-state index in [1.807, 2.05) is 12.1 Å². The van der Waals surface area contributed by atoms with Crippen LogP contribution in [-0.4, -0.2) is 41.8 Å². The van der Waals surface area contributed by atoms with Gasteiger partial charge in [0.25, 0.3) is 5.91 Å². The summed E-state index contributed by atoms with van der Waals surface area (Å²) in [5.41, 5.74) is -0.847. The lowest BCUT2D eigenvalue weighted by molar-refractivity contribution is -0.139. The zero-order valence-electron chi connectivity index (χ0n) is 12.2. The van der Waals surface area contributed by atoms with Crippen molar-refractivity contribution in [2.45, 2.75) is 31.4 Å². The smallest absolute Gasteiger partial charge is 0.305 e. The van der Waals surface area contributed by atoms with E-state index < -0.39 is 17.6 Å². The molecule has 22 heavy (non-hydrogen) atoms. The van der Waals surface area contributed by atoms with E-state index in [1.54, 1.807) is 19.1 Å². The molecule has 0 spiro atoms. The van der Waals surface area contributed by atoms with E-state index in [9.17, 15) is 9.59 Å². The van der Waals surface area contributed by atoms with Crippen molar-refractivity contribution in [3.05, 3.63) is 28.7 Å². The number of carbonyl (C=O) groups excluding carboxylic acids is 1. The van der Waals surface area contributed by atoms with E-state index >= 15 is 0 Å². The highest BCUT2D eigenvalue weighted by Gasteiger charge is 2.39. The van der Waals surface area contributed by atoms with Crippen LogP contribution in [0.4, 0.5) is 0 Å². The quantitative estimate of drug-likeness (QED) is 0.798. The number of aliphatic carboxylic acids is 1. The van der Waals surface area contributed by atoms with Gasteiger partial charge in [-0.1, -0.05) is 15.9 Å². The maximum Gasteiger partial charge on any atom is 0.305 e. The molecule has 1 heterocycles. The van der Waals surface area contributed by atoms with Crippen molar-refractivity contribution in [2.75, 3.05) is 13.2 Å². The molecule has 1 saturated heterocycles. The van der Waals surface area contributed by atoms with Crippen LogP contribution in [0.25, 0.3) is 0 Å². The summed E-state index contributed by atoms with van der Waals surface area (Å²) in [6.45, 7) is 2.27. The number of hydrogen-bond acceptors (Lipinski definition) is 4. The van der Waals surface area contributed by atoms with E-state index in [-0.39, 0.29) is 18.9 Å². The number of carboxylic acids is 1. The van der Waals surface area contributed by atoms with Gasteiger partial charge in [0.05, 0.1) is 18.6 Å². The van der Waals surface area contributed by atoms with Crippen molar-refractivity contribution in [1.82, 2.24) is 5.32 Å². The Kier molecular flexibility index (Phi) is 5.42. The Morgan fingerprint density at radius 3 is 2.68 bits per heavy atom. The summed E-state index contributed by atoms with van der Waals surface area (Å²) in [6, 6.07) is 7.13. The monoisotopic (exact) mass is 371 g/mol. The summed E-state index contributed by atoms with van der Waals surface area (Å²) in [4.78, 5) is 23.3. The van der Waals surface area contributed by atoms with Crippen LogP contribution in [0.3, 0.4) is 0 Å². The summed E-state index contributed by atoms with van der Waals surface area (Å²) in [5, 5.41) is 11.8. The summed E-state index contributed by atoms with van der Waals surface area (Å²) >= 11 is 3.32. The Labute approximate surface area is 136 Å². The lowest BCUT2D eigenvalue weighted by Gasteiger charge is -2.28. The minimum atomic E-state index is -0.965. The summed E-state index contributed by atoms with van der Waals surface area (Å²) in [5.74, 6) is -0.747. The number of carbonyl (C=O) groups is 2. The average molecular weight is 372 g/mol. The molecule has 0 aliphatic carbocycles. The van der Waals surface area contributed by atoms with Gasteiger partial charge in [0.2, 0.25) is 0 Å². The molecule has 1 aromatic carbocycles. The van der Waals surface area contributed by atoms with Crippen LogP contribution in [0.5, 0.6) is 5.75 Å². The topological polar surface area (TPSA) is 84.9 Å². The number of hydrogen-bond donors (Lipinski definition) is 2. The minimum Gasteiger partial charge on any atom is -0.481 e. The van der Waals surface area contributed by atoms with Crippen molar-refractivity contribution in [3.8, 4) is 5.75 Å². The van der Waals surface area contributed by atoms with E-state index in [0.29, 0.717) is 18.8 Å². The maximum atomic E-state index is 12.3. The predicted molar refractivity (Wildman–Crippen MR) is 82.8 cm³/mol. The van der Waals surface area contributed by atoms with Gasteiger partial charge < -0.3 is 19.9 Å². The van der Waals surface area contributed by atoms with Gasteiger partial charge in [-0.05, 0) is 37.6 Å². The largest absolute Gasteiger partial charge is 0.481 e. The Bertz CT molecular complexity index is 539. The standard InChI is InChI=1S/C15H18BrNO5/c1-10(22-12-4-2-11(16)3-5-12)14(20)17-15(8-13(18)19)6-7-21-9-15/h2-5,10H,6-9H2,1H3,(H,17,20)(H,18,19). The van der Waals surface area contributed by atoms with Crippen molar-refractivity contribution in [1.29, 1.82) is 0 Å². The summed E-state index contributed by atoms with van der Waals surface area (Å²) in [6.07, 6.45) is -0.410. The second kappa shape index (κ2) is 7.11. The number of rotatable bonds is 6. The van der Waals surface area contributed by atoms with Crippen LogP contribution in [0, 0.1) is 0 Å². The normalized spacial score (nSPS) is 22.1. The first-order valence-electron chi connectivity index (χ1n) is 6.94. The molecule has 1 fully saturated rings. The Morgan fingerprint density at radius 2 is 2.14 bits per heavy atom. The molecule has 7 heteroatoms. The fraction of sp³-hybridized carbons (Fsp3) is 0.467. The number of carboxylic acid groups (broad SMARTS) is 1. The predicted octanol–water partition coefficient (Wildman–Crippen LogP) is 1.97. The molecule has 2 N–H and O–H groups in total. The van der Waals surface area contributed by atoms with Crippen LogP contribution in [0.1, 0.15) is 19.8 Å². The first kappa shape index (κ1) is 16.8.